The van der Waals surface area contributed by atoms with E-state index in [1.54, 1.807) is 5.01 Å². The minimum Gasteiger partial charge on any atom is -0.385 e. The van der Waals surface area contributed by atoms with Gasteiger partial charge in [-0.15, -0.1) is 0 Å². The third kappa shape index (κ3) is 5.69. The Hall–Kier alpha value is -2.86. The van der Waals surface area contributed by atoms with Gasteiger partial charge in [0.2, 0.25) is 0 Å². The number of anilines is 3. The van der Waals surface area contributed by atoms with E-state index in [0.29, 0.717) is 11.8 Å². The molecule has 1 saturated heterocycles. The van der Waals surface area contributed by atoms with Crippen LogP contribution in [-0.2, 0) is 0 Å². The highest BCUT2D eigenvalue weighted by Gasteiger charge is 2.35. The van der Waals surface area contributed by atoms with Crippen molar-refractivity contribution in [3.05, 3.63) is 53.6 Å². The molecule has 5 rings (SSSR count). The summed E-state index contributed by atoms with van der Waals surface area (Å²) < 4.78 is 0. The molecule has 0 bridgehead atoms. The summed E-state index contributed by atoms with van der Waals surface area (Å²) in [6.45, 7) is 9.56. The fraction of sp³-hybridized carbons (Fsp3) is 0.548. The Balaban J connectivity index is 1.45. The van der Waals surface area contributed by atoms with Crippen LogP contribution in [0.2, 0.25) is 0 Å². The van der Waals surface area contributed by atoms with Crippen LogP contribution in [0.3, 0.4) is 0 Å². The number of likely N-dealkylation sites (tertiary alicyclic amines) is 1. The van der Waals surface area contributed by atoms with E-state index in [1.165, 1.54) is 45.2 Å². The topological polar surface area (TPSA) is 51.2 Å². The number of amides is 2. The highest BCUT2D eigenvalue weighted by molar-refractivity contribution is 6.14. The van der Waals surface area contributed by atoms with Gasteiger partial charge >= 0.3 is 6.03 Å². The summed E-state index contributed by atoms with van der Waals surface area (Å²) in [6.07, 6.45) is 8.53. The van der Waals surface area contributed by atoms with E-state index >= 15 is 0 Å². The highest BCUT2D eigenvalue weighted by Crippen LogP contribution is 2.38. The Morgan fingerprint density at radius 1 is 0.973 bits per heavy atom. The number of hydrogen-bond donors (Lipinski definition) is 1. The van der Waals surface area contributed by atoms with Crippen molar-refractivity contribution in [2.45, 2.75) is 71.8 Å². The van der Waals surface area contributed by atoms with Crippen LogP contribution in [0.1, 0.15) is 69.9 Å². The summed E-state index contributed by atoms with van der Waals surface area (Å²) in [5, 5.41) is 10.4. The Kier molecular flexibility index (Phi) is 7.84. The summed E-state index contributed by atoms with van der Waals surface area (Å²) >= 11 is 0. The first-order valence-electron chi connectivity index (χ1n) is 14.3. The van der Waals surface area contributed by atoms with Crippen molar-refractivity contribution in [2.24, 2.45) is 16.9 Å². The lowest BCUT2D eigenvalue weighted by atomic mass is 9.82. The van der Waals surface area contributed by atoms with Gasteiger partial charge in [-0.05, 0) is 108 Å². The van der Waals surface area contributed by atoms with Gasteiger partial charge in [0.25, 0.3) is 0 Å². The largest absolute Gasteiger partial charge is 0.385 e. The monoisotopic (exact) mass is 501 g/mol. The van der Waals surface area contributed by atoms with Crippen molar-refractivity contribution < 1.29 is 4.79 Å². The number of fused-ring (bicyclic) bond motifs is 1. The van der Waals surface area contributed by atoms with E-state index in [2.05, 4.69) is 80.5 Å². The van der Waals surface area contributed by atoms with Crippen LogP contribution >= 0.6 is 0 Å². The van der Waals surface area contributed by atoms with E-state index < -0.39 is 0 Å². The average molecular weight is 502 g/mol. The Bertz CT molecular complexity index is 1110. The fourth-order valence-corrected chi connectivity index (χ4v) is 5.98. The number of hydrogen-bond acceptors (Lipinski definition) is 4. The third-order valence-electron chi connectivity index (χ3n) is 8.31. The van der Waals surface area contributed by atoms with Crippen LogP contribution in [0, 0.1) is 18.8 Å². The number of hydrazone groups is 1. The Morgan fingerprint density at radius 3 is 2.35 bits per heavy atom. The second-order valence-corrected chi connectivity index (χ2v) is 11.6. The van der Waals surface area contributed by atoms with Gasteiger partial charge in [-0.25, -0.2) is 9.80 Å². The van der Waals surface area contributed by atoms with Crippen LogP contribution in [0.4, 0.5) is 21.9 Å². The summed E-state index contributed by atoms with van der Waals surface area (Å²) in [4.78, 5) is 18.3. The molecule has 2 aliphatic heterocycles. The maximum atomic E-state index is 14.1. The normalized spacial score (nSPS) is 20.1. The van der Waals surface area contributed by atoms with Crippen molar-refractivity contribution in [3.63, 3.8) is 0 Å². The summed E-state index contributed by atoms with van der Waals surface area (Å²) in [6, 6.07) is 14.7. The first-order chi connectivity index (χ1) is 17.9. The quantitative estimate of drug-likeness (QED) is 0.463. The van der Waals surface area contributed by atoms with Crippen LogP contribution in [0.15, 0.2) is 47.6 Å². The predicted octanol–water partition coefficient (Wildman–Crippen LogP) is 7.02. The van der Waals surface area contributed by atoms with E-state index in [0.717, 1.165) is 53.3 Å². The van der Waals surface area contributed by atoms with Gasteiger partial charge < -0.3 is 10.2 Å². The maximum Gasteiger partial charge on any atom is 0.349 e. The minimum absolute atomic E-state index is 0.0283. The lowest BCUT2D eigenvalue weighted by Gasteiger charge is -2.30. The van der Waals surface area contributed by atoms with E-state index in [-0.39, 0.29) is 12.1 Å². The standard InChI is InChI=1S/C31H43N5O/c1-22(2)36-31(37)35(27-13-11-26(12-14-27)32-21-24-16-18-34(4)19-17-24)29-20-23(3)10-15-28(29)30(33-36)25-8-6-5-7-9-25/h10-15,20,22,24-25,32H,5-9,16-19,21H2,1-4H3. The molecule has 1 saturated carbocycles. The highest BCUT2D eigenvalue weighted by atomic mass is 16.2. The number of nitrogens with zero attached hydrogens (tertiary/aromatic N) is 4. The molecule has 3 aliphatic rings. The van der Waals surface area contributed by atoms with Crippen molar-refractivity contribution in [1.82, 2.24) is 9.91 Å². The molecule has 2 heterocycles. The molecule has 2 fully saturated rings. The number of nitrogens with one attached hydrogen (secondary N) is 1. The van der Waals surface area contributed by atoms with Gasteiger partial charge in [0.05, 0.1) is 23.1 Å². The predicted molar refractivity (Wildman–Crippen MR) is 154 cm³/mol. The molecule has 198 valence electrons. The fourth-order valence-electron chi connectivity index (χ4n) is 5.98. The molecule has 0 atom stereocenters. The summed E-state index contributed by atoms with van der Waals surface area (Å²) in [5.41, 5.74) is 6.26. The smallest absolute Gasteiger partial charge is 0.349 e. The lowest BCUT2D eigenvalue weighted by Crippen LogP contribution is -2.41. The van der Waals surface area contributed by atoms with Crippen LogP contribution in [0.25, 0.3) is 0 Å². The Morgan fingerprint density at radius 2 is 1.68 bits per heavy atom. The first kappa shape index (κ1) is 25.8. The number of carbonyl (C=O) groups excluding carboxylic acids is 1. The van der Waals surface area contributed by atoms with Gasteiger partial charge in [-0.2, -0.15) is 5.10 Å². The molecule has 1 N–H and O–H groups in total. The average Bonchev–Trinajstić information content (AvgIpc) is 3.03. The van der Waals surface area contributed by atoms with Gasteiger partial charge in [0, 0.05) is 23.7 Å². The lowest BCUT2D eigenvalue weighted by molar-refractivity contribution is 0.195. The van der Waals surface area contributed by atoms with Crippen molar-refractivity contribution in [1.29, 1.82) is 0 Å². The van der Waals surface area contributed by atoms with E-state index in [9.17, 15) is 4.79 Å². The van der Waals surface area contributed by atoms with Crippen LogP contribution in [-0.4, -0.2) is 54.4 Å². The maximum absolute atomic E-state index is 14.1. The molecule has 0 aromatic heterocycles. The van der Waals surface area contributed by atoms with Crippen LogP contribution < -0.4 is 10.2 Å². The number of benzene rings is 2. The van der Waals surface area contributed by atoms with Crippen LogP contribution in [0.5, 0.6) is 0 Å². The number of carbonyl (C=O) groups is 1. The number of aryl methyl sites for hydroxylation is 1. The molecule has 0 spiro atoms. The second-order valence-electron chi connectivity index (χ2n) is 11.6. The number of rotatable bonds is 6. The van der Waals surface area contributed by atoms with Crippen molar-refractivity contribution >= 4 is 28.8 Å². The zero-order valence-electron chi connectivity index (χ0n) is 23.0. The molecule has 6 heteroatoms. The van der Waals surface area contributed by atoms with Crippen molar-refractivity contribution in [2.75, 3.05) is 36.9 Å². The molecule has 2 aromatic carbocycles. The second kappa shape index (κ2) is 11.3. The molecule has 1 aliphatic carbocycles. The van der Waals surface area contributed by atoms with Gasteiger partial charge in [0.15, 0.2) is 0 Å². The van der Waals surface area contributed by atoms with E-state index in [1.807, 2.05) is 4.90 Å². The molecule has 0 unspecified atom stereocenters. The third-order valence-corrected chi connectivity index (χ3v) is 8.31. The number of urea groups is 1. The first-order valence-corrected chi connectivity index (χ1v) is 14.3. The molecular formula is C31H43N5O. The molecule has 0 radical (unpaired) electrons. The molecule has 2 aromatic rings. The molecule has 6 nitrogen and oxygen atoms in total. The SMILES string of the molecule is Cc1ccc2c(c1)N(c1ccc(NCC3CCN(C)CC3)cc1)C(=O)N(C(C)C)N=C2C1CCCCC1. The number of piperidine rings is 1. The van der Waals surface area contributed by atoms with Crippen molar-refractivity contribution in [3.8, 4) is 0 Å². The molecular weight excluding hydrogens is 458 g/mol. The minimum atomic E-state index is -0.0836. The zero-order valence-corrected chi connectivity index (χ0v) is 23.0. The Labute approximate surface area is 222 Å². The van der Waals surface area contributed by atoms with Gasteiger partial charge in [-0.1, -0.05) is 31.4 Å². The molecule has 2 amide bonds. The summed E-state index contributed by atoms with van der Waals surface area (Å²) in [7, 11) is 2.20. The zero-order chi connectivity index (χ0) is 25.9. The molecule has 37 heavy (non-hydrogen) atoms. The van der Waals surface area contributed by atoms with E-state index in [4.69, 9.17) is 5.10 Å². The van der Waals surface area contributed by atoms with Gasteiger partial charge in [0.1, 0.15) is 0 Å². The van der Waals surface area contributed by atoms with Gasteiger partial charge in [-0.3, -0.25) is 4.90 Å². The summed E-state index contributed by atoms with van der Waals surface area (Å²) in [5.74, 6) is 1.11.